The van der Waals surface area contributed by atoms with Gasteiger partial charge in [0.25, 0.3) is 5.91 Å². The number of nitrogens with zero attached hydrogens (tertiary/aromatic N) is 1. The van der Waals surface area contributed by atoms with Gasteiger partial charge >= 0.3 is 5.97 Å². The lowest BCUT2D eigenvalue weighted by Gasteiger charge is -2.22. The molecule has 0 bridgehead atoms. The Morgan fingerprint density at radius 2 is 2.04 bits per heavy atom. The molecule has 0 unspecified atom stereocenters. The van der Waals surface area contributed by atoms with Gasteiger partial charge in [0.2, 0.25) is 0 Å². The summed E-state index contributed by atoms with van der Waals surface area (Å²) in [6.45, 7) is 3.60. The number of anilines is 1. The minimum Gasteiger partial charge on any atom is -0.484 e. The Morgan fingerprint density at radius 1 is 1.27 bits per heavy atom. The summed E-state index contributed by atoms with van der Waals surface area (Å²) < 4.78 is 10.7. The Labute approximate surface area is 156 Å². The van der Waals surface area contributed by atoms with Crippen LogP contribution in [0.5, 0.6) is 5.75 Å². The average Bonchev–Trinajstić information content (AvgIpc) is 2.98. The maximum Gasteiger partial charge on any atom is 0.341 e. The molecule has 0 spiro atoms. The number of likely N-dealkylation sites (N-methyl/N-ethyl adjacent to an activating group) is 1. The van der Waals surface area contributed by atoms with Crippen LogP contribution in [0.4, 0.5) is 5.00 Å². The number of esters is 1. The molecule has 7 heteroatoms. The molecule has 2 aromatic rings. The van der Waals surface area contributed by atoms with E-state index in [9.17, 15) is 9.59 Å². The smallest absolute Gasteiger partial charge is 0.341 e. The van der Waals surface area contributed by atoms with E-state index >= 15 is 0 Å². The minimum absolute atomic E-state index is 0.116. The van der Waals surface area contributed by atoms with Crippen molar-refractivity contribution in [1.29, 1.82) is 0 Å². The van der Waals surface area contributed by atoms with Crippen LogP contribution in [0.15, 0.2) is 30.3 Å². The lowest BCUT2D eigenvalue weighted by Crippen LogP contribution is -2.26. The van der Waals surface area contributed by atoms with Crippen LogP contribution < -0.4 is 10.1 Å². The number of thiophene rings is 1. The standard InChI is InChI=1S/C19H22N2O4S/c1-3-24-19(23)17-14-9-10-21(2)11-15(14)26-18(17)20-16(22)12-25-13-7-5-4-6-8-13/h4-8H,3,9-12H2,1-2H3,(H,20,22). The van der Waals surface area contributed by atoms with E-state index in [-0.39, 0.29) is 18.5 Å². The van der Waals surface area contributed by atoms with Crippen LogP contribution in [0.2, 0.25) is 0 Å². The molecule has 26 heavy (non-hydrogen) atoms. The maximum absolute atomic E-state index is 12.4. The van der Waals surface area contributed by atoms with Gasteiger partial charge in [-0.2, -0.15) is 0 Å². The van der Waals surface area contributed by atoms with Crippen molar-refractivity contribution in [3.63, 3.8) is 0 Å². The van der Waals surface area contributed by atoms with Crippen molar-refractivity contribution in [1.82, 2.24) is 4.90 Å². The monoisotopic (exact) mass is 374 g/mol. The fraction of sp³-hybridized carbons (Fsp3) is 0.368. The highest BCUT2D eigenvalue weighted by molar-refractivity contribution is 7.17. The zero-order chi connectivity index (χ0) is 18.5. The van der Waals surface area contributed by atoms with Gasteiger partial charge in [0.1, 0.15) is 10.8 Å². The van der Waals surface area contributed by atoms with Crippen LogP contribution in [0.3, 0.4) is 0 Å². The second-order valence-electron chi connectivity index (χ2n) is 6.07. The van der Waals surface area contributed by atoms with E-state index in [0.717, 1.165) is 30.0 Å². The number of amides is 1. The number of nitrogens with one attached hydrogen (secondary N) is 1. The highest BCUT2D eigenvalue weighted by Crippen LogP contribution is 2.37. The Morgan fingerprint density at radius 3 is 2.77 bits per heavy atom. The summed E-state index contributed by atoms with van der Waals surface area (Å²) in [6.07, 6.45) is 0.771. The summed E-state index contributed by atoms with van der Waals surface area (Å²) in [6, 6.07) is 9.14. The molecule has 0 atom stereocenters. The SMILES string of the molecule is CCOC(=O)c1c(NC(=O)COc2ccccc2)sc2c1CCN(C)C2. The molecule has 0 saturated heterocycles. The van der Waals surface area contributed by atoms with E-state index < -0.39 is 0 Å². The van der Waals surface area contributed by atoms with E-state index in [2.05, 4.69) is 10.2 Å². The molecule has 1 aliphatic heterocycles. The van der Waals surface area contributed by atoms with Gasteiger partial charge in [-0.25, -0.2) is 4.79 Å². The van der Waals surface area contributed by atoms with Crippen LogP contribution in [0.25, 0.3) is 0 Å². The summed E-state index contributed by atoms with van der Waals surface area (Å²) in [5.41, 5.74) is 1.49. The van der Waals surface area contributed by atoms with E-state index in [0.29, 0.717) is 22.9 Å². The molecule has 1 aromatic carbocycles. The predicted octanol–water partition coefficient (Wildman–Crippen LogP) is 2.93. The Balaban J connectivity index is 1.75. The molecular weight excluding hydrogens is 352 g/mol. The van der Waals surface area contributed by atoms with Gasteiger partial charge in [0.15, 0.2) is 6.61 Å². The third kappa shape index (κ3) is 4.23. The molecule has 1 amide bonds. The van der Waals surface area contributed by atoms with Gasteiger partial charge in [0.05, 0.1) is 12.2 Å². The molecule has 1 aromatic heterocycles. The molecule has 0 aliphatic carbocycles. The van der Waals surface area contributed by atoms with Crippen LogP contribution >= 0.6 is 11.3 Å². The molecule has 2 heterocycles. The Kier molecular flexibility index (Phi) is 5.90. The highest BCUT2D eigenvalue weighted by Gasteiger charge is 2.28. The number of benzene rings is 1. The van der Waals surface area contributed by atoms with Crippen molar-refractivity contribution in [2.75, 3.05) is 32.1 Å². The van der Waals surface area contributed by atoms with Gasteiger partial charge < -0.3 is 19.7 Å². The lowest BCUT2D eigenvalue weighted by molar-refractivity contribution is -0.118. The Hall–Kier alpha value is -2.38. The highest BCUT2D eigenvalue weighted by atomic mass is 32.1. The maximum atomic E-state index is 12.4. The quantitative estimate of drug-likeness (QED) is 0.788. The molecule has 0 fully saturated rings. The van der Waals surface area contributed by atoms with E-state index in [1.165, 1.54) is 11.3 Å². The summed E-state index contributed by atoms with van der Waals surface area (Å²) in [7, 11) is 2.04. The van der Waals surface area contributed by atoms with Crippen LogP contribution in [0, 0.1) is 0 Å². The first kappa shape index (κ1) is 18.4. The van der Waals surface area contributed by atoms with Gasteiger partial charge in [-0.3, -0.25) is 4.79 Å². The van der Waals surface area contributed by atoms with Gasteiger partial charge in [-0.05, 0) is 38.1 Å². The first-order valence-corrected chi connectivity index (χ1v) is 9.38. The number of hydrogen-bond donors (Lipinski definition) is 1. The summed E-state index contributed by atoms with van der Waals surface area (Å²) in [4.78, 5) is 28.0. The lowest BCUT2D eigenvalue weighted by atomic mass is 10.0. The van der Waals surface area contributed by atoms with Crippen molar-refractivity contribution < 1.29 is 19.1 Å². The molecule has 3 rings (SSSR count). The number of fused-ring (bicyclic) bond motifs is 1. The van der Waals surface area contributed by atoms with E-state index in [4.69, 9.17) is 9.47 Å². The molecule has 1 aliphatic rings. The van der Waals surface area contributed by atoms with Crippen LogP contribution in [0.1, 0.15) is 27.7 Å². The minimum atomic E-state index is -0.381. The number of carbonyl (C=O) groups excluding carboxylic acids is 2. The van der Waals surface area contributed by atoms with E-state index in [1.54, 1.807) is 19.1 Å². The summed E-state index contributed by atoms with van der Waals surface area (Å²) in [5, 5.41) is 3.37. The molecule has 0 radical (unpaired) electrons. The fourth-order valence-electron chi connectivity index (χ4n) is 2.87. The van der Waals surface area contributed by atoms with Crippen molar-refractivity contribution in [3.05, 3.63) is 46.3 Å². The molecule has 0 saturated carbocycles. The molecular formula is C19H22N2O4S. The van der Waals surface area contributed by atoms with Gasteiger partial charge in [0, 0.05) is 18.0 Å². The van der Waals surface area contributed by atoms with Gasteiger partial charge in [-0.15, -0.1) is 11.3 Å². The molecule has 138 valence electrons. The average molecular weight is 374 g/mol. The number of para-hydroxylation sites is 1. The third-order valence-corrected chi connectivity index (χ3v) is 5.23. The normalized spacial score (nSPS) is 13.8. The largest absolute Gasteiger partial charge is 0.484 e. The first-order chi connectivity index (χ1) is 12.6. The van der Waals surface area contributed by atoms with Crippen LogP contribution in [-0.4, -0.2) is 43.6 Å². The molecule has 1 N–H and O–H groups in total. The number of rotatable bonds is 6. The summed E-state index contributed by atoms with van der Waals surface area (Å²) in [5.74, 6) is -0.0550. The zero-order valence-corrected chi connectivity index (χ0v) is 15.7. The first-order valence-electron chi connectivity index (χ1n) is 8.56. The number of carbonyl (C=O) groups is 2. The second kappa shape index (κ2) is 8.33. The number of ether oxygens (including phenoxy) is 2. The second-order valence-corrected chi connectivity index (χ2v) is 7.17. The van der Waals surface area contributed by atoms with Crippen molar-refractivity contribution in [2.24, 2.45) is 0 Å². The topological polar surface area (TPSA) is 67.9 Å². The summed E-state index contributed by atoms with van der Waals surface area (Å²) >= 11 is 1.44. The van der Waals surface area contributed by atoms with Crippen LogP contribution in [-0.2, 0) is 22.5 Å². The Bertz CT molecular complexity index is 788. The third-order valence-electron chi connectivity index (χ3n) is 4.09. The zero-order valence-electron chi connectivity index (χ0n) is 14.9. The predicted molar refractivity (Wildman–Crippen MR) is 101 cm³/mol. The molecule has 6 nitrogen and oxygen atoms in total. The fourth-order valence-corrected chi connectivity index (χ4v) is 4.20. The van der Waals surface area contributed by atoms with Crippen molar-refractivity contribution in [2.45, 2.75) is 19.9 Å². The number of hydrogen-bond acceptors (Lipinski definition) is 6. The van der Waals surface area contributed by atoms with Gasteiger partial charge in [-0.1, -0.05) is 18.2 Å². The van der Waals surface area contributed by atoms with Crippen molar-refractivity contribution in [3.8, 4) is 5.75 Å². The van der Waals surface area contributed by atoms with E-state index in [1.807, 2.05) is 25.2 Å². The van der Waals surface area contributed by atoms with Crippen molar-refractivity contribution >= 4 is 28.2 Å².